The van der Waals surface area contributed by atoms with Crippen molar-refractivity contribution in [1.82, 2.24) is 43.6 Å². The smallest absolute Gasteiger partial charge is 0.381 e. The number of esters is 1. The number of halogens is 10. The highest BCUT2D eigenvalue weighted by atomic mass is 32.2. The van der Waals surface area contributed by atoms with E-state index in [1.165, 1.54) is 43.5 Å². The lowest BCUT2D eigenvalue weighted by atomic mass is 10.0. The molecule has 137 heavy (non-hydrogen) atoms. The van der Waals surface area contributed by atoms with Crippen LogP contribution in [0.2, 0.25) is 0 Å². The molecule has 1 aliphatic carbocycles. The number of amides is 6. The standard InChI is InChI=1S/C22H20F2N6O3.C22H21F2N3O2S.C18H16F2N2O4.C17H14F2N2O4.C16H14F2N2O3/c1-11-17(20(32)26-12-4-5-13(23)14(24)9-12)15-3-2-8-30(15)18(11)19(31)21(33)27-22(6-7-22)16-10-25-29-28-16;1-13-18(21(29)26-14-7-8-15(23)16(24)12-14)17-6-5-9-27(17)19(13)20(28)22(25-2)30-10-3-4-11-30;1-9-14(17(24)21-10-5-6-11(19)12(20)8-10)13-4-3-7-22(13)15(9)16(23)18(25)26-2;1-8-13(16(23)20-9-4-5-10(18)11(19)7-9)12-3-2-6-21(12)14(8)15(22)17(24)25;1-8-13(12-3-2-6-20(12)14(8)16(22)23)15(21)19-9-4-5-10(17)11(18)7-9/h4-5,9-10H,2-3,6-8H2,1H3,(H,26,32)(H,27,33)(H,25,28,29);7-8,12H,3-6,9-11H2,1H3,(H,26,29);5-6,8H,3-4,7H2,1-2H3,(H,21,24);4-5,7H,2-3,6H2,1H3,(H,20,23)(H,24,25);4-5,7H,2-3,6H2,1H3,(H,19,21)(H,22,23). The number of rotatable bonds is 21. The van der Waals surface area contributed by atoms with E-state index in [-0.39, 0.29) is 94.7 Å². The first-order valence-electron chi connectivity index (χ1n) is 43.0. The summed E-state index contributed by atoms with van der Waals surface area (Å²) in [6.45, 7) is 18.2. The lowest BCUT2D eigenvalue weighted by Gasteiger charge is -2.14. The molecule has 1 saturated heterocycles. The number of aliphatic carboxylic acids is 1. The molecule has 1 saturated carbocycles. The van der Waals surface area contributed by atoms with Gasteiger partial charge in [0, 0.05) is 120 Å². The third-order valence-corrected chi connectivity index (χ3v) is 26.9. The number of carbonyl (C=O) groups is 13. The molecule has 42 heteroatoms. The van der Waals surface area contributed by atoms with Gasteiger partial charge in [-0.15, -0.1) is 0 Å². The number of H-pyrrole nitrogens is 1. The number of ether oxygens (including phenoxy) is 1. The molecule has 0 unspecified atom stereocenters. The molecule has 18 rings (SSSR count). The number of nitrogens with one attached hydrogen (secondary N) is 7. The summed E-state index contributed by atoms with van der Waals surface area (Å²) < 4.78 is 145. The third-order valence-electron chi connectivity index (χ3n) is 24.5. The number of carboxylic acids is 2. The second-order valence-corrected chi connectivity index (χ2v) is 35.2. The molecule has 0 radical (unpaired) electrons. The van der Waals surface area contributed by atoms with Gasteiger partial charge in [-0.3, -0.25) is 43.2 Å². The zero-order valence-electron chi connectivity index (χ0n) is 74.0. The number of hydrogen-bond acceptors (Lipinski definition) is 16. The third kappa shape index (κ3) is 19.7. The van der Waals surface area contributed by atoms with Crippen LogP contribution in [0, 0.1) is 99.4 Å². The molecular weight excluding hydrogens is 1830 g/mol. The summed E-state index contributed by atoms with van der Waals surface area (Å²) in [5, 5.41) is 44.0. The number of Topliss-reactive ketones (excluding diaryl/α,β-unsaturated/α-hetero) is 4. The van der Waals surface area contributed by atoms with Gasteiger partial charge in [-0.2, -0.15) is 25.9 Å². The summed E-state index contributed by atoms with van der Waals surface area (Å²) in [5.41, 5.74) is 7.75. The molecule has 31 nitrogen and oxygen atoms in total. The number of methoxy groups -OCH3 is 1. The Labute approximate surface area is 774 Å². The summed E-state index contributed by atoms with van der Waals surface area (Å²) in [6.07, 6.45) is 11.4. The van der Waals surface area contributed by atoms with Crippen LogP contribution in [0.15, 0.2) is 97.2 Å². The first-order chi connectivity index (χ1) is 65.3. The van der Waals surface area contributed by atoms with Gasteiger partial charge in [0.05, 0.1) is 64.6 Å². The molecule has 9 N–H and O–H groups in total. The van der Waals surface area contributed by atoms with E-state index in [0.29, 0.717) is 158 Å². The van der Waals surface area contributed by atoms with Crippen molar-refractivity contribution in [1.29, 1.82) is 0 Å². The number of carboxylic acid groups (broad SMARTS) is 2. The van der Waals surface area contributed by atoms with E-state index < -0.39 is 134 Å². The number of aromatic amines is 1. The number of nitrogens with zero attached hydrogens (tertiary/aromatic N) is 8. The van der Waals surface area contributed by atoms with Crippen LogP contribution in [0.5, 0.6) is 0 Å². The molecule has 7 aliphatic rings. The average Bonchev–Trinajstić information content (AvgIpc) is 1.59. The van der Waals surface area contributed by atoms with Crippen LogP contribution in [0.4, 0.5) is 72.3 Å². The van der Waals surface area contributed by atoms with Crippen molar-refractivity contribution < 1.29 is 121 Å². The maximum Gasteiger partial charge on any atom is 0.381 e. The number of aromatic carboxylic acids is 1. The average molecular weight is 1910 g/mol. The van der Waals surface area contributed by atoms with Crippen molar-refractivity contribution in [3.8, 4) is 0 Å². The number of anilines is 5. The number of benzene rings is 5. The normalized spacial score (nSPS) is 14.1. The molecule has 5 aromatic carbocycles. The largest absolute Gasteiger partial charge is 0.477 e. The summed E-state index contributed by atoms with van der Waals surface area (Å²) >= 11 is 0. The zero-order valence-corrected chi connectivity index (χ0v) is 74.8. The van der Waals surface area contributed by atoms with Gasteiger partial charge in [-0.25, -0.2) is 63.1 Å². The summed E-state index contributed by atoms with van der Waals surface area (Å²) in [6, 6.07) is 15.3. The Morgan fingerprint density at radius 3 is 0.949 bits per heavy atom. The van der Waals surface area contributed by atoms with Crippen LogP contribution in [0.3, 0.4) is 0 Å². The van der Waals surface area contributed by atoms with Gasteiger partial charge in [-0.1, -0.05) is 0 Å². The topological polar surface area (TPSA) is 414 Å². The maximum atomic E-state index is 13.5. The molecular formula is C95H85F10N15O16S. The van der Waals surface area contributed by atoms with Crippen LogP contribution < -0.4 is 31.9 Å². The number of fused-ring (bicyclic) bond motifs is 5. The van der Waals surface area contributed by atoms with Crippen LogP contribution >= 0.6 is 10.5 Å². The second kappa shape index (κ2) is 40.4. The minimum atomic E-state index is -1.59. The lowest BCUT2D eigenvalue weighted by Crippen LogP contribution is -2.40. The minimum Gasteiger partial charge on any atom is -0.477 e. The second-order valence-electron chi connectivity index (χ2n) is 33.0. The maximum absolute atomic E-state index is 13.5. The summed E-state index contributed by atoms with van der Waals surface area (Å²) in [5.74, 6) is -18.7. The number of aromatic nitrogens is 8. The van der Waals surface area contributed by atoms with Gasteiger partial charge in [0.1, 0.15) is 22.8 Å². The van der Waals surface area contributed by atoms with Crippen LogP contribution in [-0.4, -0.2) is 149 Å². The van der Waals surface area contributed by atoms with Gasteiger partial charge >= 0.3 is 17.9 Å². The Morgan fingerprint density at radius 1 is 0.401 bits per heavy atom. The fourth-order valence-electron chi connectivity index (χ4n) is 18.3. The lowest BCUT2D eigenvalue weighted by molar-refractivity contribution is -0.135. The molecule has 12 heterocycles. The molecule has 6 aromatic heterocycles. The monoisotopic (exact) mass is 1910 g/mol. The molecule has 0 bridgehead atoms. The summed E-state index contributed by atoms with van der Waals surface area (Å²) in [4.78, 5) is 165. The van der Waals surface area contributed by atoms with E-state index in [0.717, 1.165) is 117 Å². The van der Waals surface area contributed by atoms with Crippen molar-refractivity contribution in [3.63, 3.8) is 0 Å². The van der Waals surface area contributed by atoms with E-state index in [9.17, 15) is 111 Å². The van der Waals surface area contributed by atoms with Crippen molar-refractivity contribution >= 4 is 120 Å². The van der Waals surface area contributed by atoms with E-state index >= 15 is 0 Å². The van der Waals surface area contributed by atoms with E-state index in [2.05, 4.69) is 56.9 Å². The van der Waals surface area contributed by atoms with Gasteiger partial charge in [0.25, 0.3) is 57.8 Å². The Kier molecular flexibility index (Phi) is 28.8. The Morgan fingerprint density at radius 2 is 0.686 bits per heavy atom. The predicted octanol–water partition coefficient (Wildman–Crippen LogP) is 15.1. The number of hydrogen-bond donors (Lipinski definition) is 9. The Balaban J connectivity index is 0.000000138. The van der Waals surface area contributed by atoms with Gasteiger partial charge in [0.15, 0.2) is 58.2 Å². The molecule has 6 aliphatic heterocycles. The highest BCUT2D eigenvalue weighted by Crippen LogP contribution is 2.45. The van der Waals surface area contributed by atoms with Gasteiger partial charge in [0.2, 0.25) is 5.78 Å². The first kappa shape index (κ1) is 97.6. The molecule has 0 spiro atoms. The van der Waals surface area contributed by atoms with E-state index in [1.54, 1.807) is 46.0 Å². The number of ketones is 4. The van der Waals surface area contributed by atoms with Gasteiger partial charge < -0.3 is 74.5 Å². The SMILES string of the molecule is COC(=O)C(=O)c1c(C)c(C(=O)Nc2ccc(F)c(F)c2)c2n1CCC2.Cc1c(C(=O)Nc2ccc(F)c(F)c2)c2n(c1C(=O)C(=O)NC1(c3cn[nH]n3)CC1)CCC2.Cc1c(C(=O)Nc2ccc(F)c(F)c2)c2n(c1C(=O)C(=O)O)CCC2.Cc1c(C(=O)Nc2ccc(F)c(F)c2)c2n(c1C(=O)O)CCC2.[C-]#[N+]C(C(=O)c1c(C)c(C(=O)Nc2ccc(F)c(F)c2)c2n1CCC2)=S1CCCC1. The molecule has 11 aromatic rings. The van der Waals surface area contributed by atoms with Crippen LogP contribution in [-0.2, 0) is 89.5 Å². The van der Waals surface area contributed by atoms with E-state index in [4.69, 9.17) is 11.7 Å². The fraction of sp³-hybridized carbons (Fsp3) is 0.295. The van der Waals surface area contributed by atoms with Crippen molar-refractivity contribution in [2.75, 3.05) is 45.2 Å². The highest BCUT2D eigenvalue weighted by Gasteiger charge is 2.50. The van der Waals surface area contributed by atoms with Crippen molar-refractivity contribution in [3.05, 3.63) is 285 Å². The molecule has 6 amide bonds. The molecule has 0 atom stereocenters. The quantitative estimate of drug-likeness (QED) is 0.00805. The van der Waals surface area contributed by atoms with Crippen LogP contribution in [0.25, 0.3) is 4.85 Å². The number of carbonyl (C=O) groups excluding carboxylic acids is 11. The predicted molar refractivity (Wildman–Crippen MR) is 477 cm³/mol. The van der Waals surface area contributed by atoms with Gasteiger partial charge in [-0.05, 0) is 224 Å². The fourth-order valence-corrected chi connectivity index (χ4v) is 20.4. The first-order valence-corrected chi connectivity index (χ1v) is 44.6. The van der Waals surface area contributed by atoms with Crippen LogP contribution in [0.1, 0.15) is 224 Å². The summed E-state index contributed by atoms with van der Waals surface area (Å²) in [7, 11) is 0.795. The Hall–Kier alpha value is -15.4. The highest BCUT2D eigenvalue weighted by molar-refractivity contribution is 8.17. The Bertz CT molecular complexity index is 7000. The van der Waals surface area contributed by atoms with E-state index in [1.807, 2.05) is 4.57 Å². The van der Waals surface area contributed by atoms with Crippen molar-refractivity contribution in [2.45, 2.75) is 163 Å². The van der Waals surface area contributed by atoms with Crippen molar-refractivity contribution in [2.24, 2.45) is 0 Å². The minimum absolute atomic E-state index is 0.0181. The molecule has 712 valence electrons. The zero-order chi connectivity index (χ0) is 98.8. The molecule has 2 fully saturated rings.